The first-order valence-corrected chi connectivity index (χ1v) is 6.06. The Kier molecular flexibility index (Phi) is 2.62. The van der Waals surface area contributed by atoms with Crippen LogP contribution in [-0.4, -0.2) is 10.2 Å². The van der Waals surface area contributed by atoms with Crippen LogP contribution in [0.5, 0.6) is 0 Å². The van der Waals surface area contributed by atoms with Crippen molar-refractivity contribution >= 4 is 8.19 Å². The van der Waals surface area contributed by atoms with E-state index in [2.05, 4.69) is 43.1 Å². The first-order valence-electron chi connectivity index (χ1n) is 5.06. The van der Waals surface area contributed by atoms with E-state index in [-0.39, 0.29) is 5.41 Å². The molecule has 0 amide bonds. The van der Waals surface area contributed by atoms with E-state index in [0.717, 1.165) is 5.43 Å². The van der Waals surface area contributed by atoms with Crippen LogP contribution in [0, 0.1) is 0 Å². The number of hydrogen-bond acceptors (Lipinski definition) is 2. The van der Waals surface area contributed by atoms with Crippen LogP contribution in [0.1, 0.15) is 26.2 Å². The lowest BCUT2D eigenvalue weighted by molar-refractivity contribution is 0.578. The van der Waals surface area contributed by atoms with E-state index >= 15 is 0 Å². The summed E-state index contributed by atoms with van der Waals surface area (Å²) in [7, 11) is 0.620. The molecule has 3 heteroatoms. The summed E-state index contributed by atoms with van der Waals surface area (Å²) in [5.74, 6) is 0. The van der Waals surface area contributed by atoms with Crippen LogP contribution in [0.3, 0.4) is 0 Å². The monoisotopic (exact) mass is 218 g/mol. The van der Waals surface area contributed by atoms with Crippen molar-refractivity contribution in [2.24, 2.45) is 0 Å². The fourth-order valence-corrected chi connectivity index (χ4v) is 2.44. The molecule has 1 unspecified atom stereocenters. The van der Waals surface area contributed by atoms with Gasteiger partial charge in [-0.2, -0.15) is 5.10 Å². The Morgan fingerprint density at radius 2 is 1.67 bits per heavy atom. The minimum atomic E-state index is 0.137. The van der Waals surface area contributed by atoms with E-state index in [1.165, 1.54) is 11.0 Å². The fourth-order valence-electron chi connectivity index (χ4n) is 1.33. The zero-order valence-electron chi connectivity index (χ0n) is 9.28. The SMILES string of the molecule is CC(C)(C)c1nnc(-c2ccccc2)[pH]1. The summed E-state index contributed by atoms with van der Waals surface area (Å²) >= 11 is 0. The summed E-state index contributed by atoms with van der Waals surface area (Å²) in [5.41, 5.74) is 3.64. The Labute approximate surface area is 91.8 Å². The third kappa shape index (κ3) is 2.27. The summed E-state index contributed by atoms with van der Waals surface area (Å²) in [4.78, 5) is 0. The van der Waals surface area contributed by atoms with Crippen LogP contribution < -0.4 is 0 Å². The first kappa shape index (κ1) is 10.4. The van der Waals surface area contributed by atoms with Gasteiger partial charge in [0.25, 0.3) is 0 Å². The highest BCUT2D eigenvalue weighted by Gasteiger charge is 2.18. The number of nitrogens with zero attached hydrogens (tertiary/aromatic N) is 2. The average Bonchev–Trinajstić information content (AvgIpc) is 2.67. The molecule has 0 N–H and O–H groups in total. The fraction of sp³-hybridized carbons (Fsp3) is 0.333. The van der Waals surface area contributed by atoms with Gasteiger partial charge in [-0.15, -0.1) is 5.10 Å². The molecule has 1 atom stereocenters. The van der Waals surface area contributed by atoms with Gasteiger partial charge in [-0.3, -0.25) is 0 Å². The molecule has 1 heterocycles. The second-order valence-corrected chi connectivity index (χ2v) is 5.84. The third-order valence-corrected chi connectivity index (χ3v) is 3.96. The molecule has 0 saturated heterocycles. The predicted molar refractivity (Wildman–Crippen MR) is 65.7 cm³/mol. The van der Waals surface area contributed by atoms with E-state index in [1.54, 1.807) is 0 Å². The van der Waals surface area contributed by atoms with Crippen molar-refractivity contribution in [1.82, 2.24) is 10.2 Å². The molecule has 2 nitrogen and oxygen atoms in total. The Morgan fingerprint density at radius 3 is 2.20 bits per heavy atom. The Hall–Kier alpha value is -1.14. The molecule has 0 radical (unpaired) electrons. The van der Waals surface area contributed by atoms with Gasteiger partial charge in [0.15, 0.2) is 0 Å². The predicted octanol–water partition coefficient (Wildman–Crippen LogP) is 3.47. The van der Waals surface area contributed by atoms with Crippen molar-refractivity contribution < 1.29 is 0 Å². The van der Waals surface area contributed by atoms with Crippen LogP contribution >= 0.6 is 8.19 Å². The minimum Gasteiger partial charge on any atom is -0.150 e. The molecule has 1 aromatic heterocycles. The highest BCUT2D eigenvalue weighted by molar-refractivity contribution is 7.34. The lowest BCUT2D eigenvalue weighted by Crippen LogP contribution is -2.09. The van der Waals surface area contributed by atoms with Crippen LogP contribution in [0.25, 0.3) is 11.0 Å². The van der Waals surface area contributed by atoms with Crippen molar-refractivity contribution in [2.45, 2.75) is 26.2 Å². The lowest BCUT2D eigenvalue weighted by Gasteiger charge is -2.13. The quantitative estimate of drug-likeness (QED) is 0.732. The molecule has 1 aromatic carbocycles. The smallest absolute Gasteiger partial charge is 0.110 e. The number of hydrogen-bond donors (Lipinski definition) is 0. The topological polar surface area (TPSA) is 25.8 Å². The highest BCUT2D eigenvalue weighted by Crippen LogP contribution is 2.34. The Balaban J connectivity index is 2.37. The molecule has 0 aliphatic carbocycles. The molecular weight excluding hydrogens is 203 g/mol. The van der Waals surface area contributed by atoms with Gasteiger partial charge in [0.2, 0.25) is 0 Å². The Bertz CT molecular complexity index is 440. The summed E-state index contributed by atoms with van der Waals surface area (Å²) in [6, 6.07) is 10.3. The highest BCUT2D eigenvalue weighted by atomic mass is 31.0. The van der Waals surface area contributed by atoms with Gasteiger partial charge in [-0.25, -0.2) is 0 Å². The normalized spacial score (nSPS) is 12.2. The second-order valence-electron chi connectivity index (χ2n) is 4.64. The zero-order valence-corrected chi connectivity index (χ0v) is 10.3. The van der Waals surface area contributed by atoms with Gasteiger partial charge in [-0.1, -0.05) is 59.3 Å². The van der Waals surface area contributed by atoms with Gasteiger partial charge >= 0.3 is 0 Å². The summed E-state index contributed by atoms with van der Waals surface area (Å²) < 4.78 is 0. The standard InChI is InChI=1S/C12H15N2P/c1-12(2,3)11-14-13-10(15-11)9-7-5-4-6-8-9/h4-8,15H,1-3H3. The number of aromatic nitrogens is 2. The van der Waals surface area contributed by atoms with E-state index in [9.17, 15) is 0 Å². The average molecular weight is 218 g/mol. The van der Waals surface area contributed by atoms with E-state index in [4.69, 9.17) is 0 Å². The van der Waals surface area contributed by atoms with Crippen molar-refractivity contribution in [3.05, 3.63) is 35.8 Å². The summed E-state index contributed by atoms with van der Waals surface area (Å²) in [6.07, 6.45) is 0. The lowest BCUT2D eigenvalue weighted by atomic mass is 9.98. The molecule has 0 aliphatic heterocycles. The molecule has 0 bridgehead atoms. The van der Waals surface area contributed by atoms with E-state index in [0.29, 0.717) is 8.19 Å². The van der Waals surface area contributed by atoms with Crippen molar-refractivity contribution in [3.63, 3.8) is 0 Å². The minimum absolute atomic E-state index is 0.137. The molecule has 15 heavy (non-hydrogen) atoms. The van der Waals surface area contributed by atoms with Crippen LogP contribution in [-0.2, 0) is 5.41 Å². The molecule has 2 aromatic rings. The molecular formula is C12H15N2P. The maximum absolute atomic E-state index is 4.28. The second kappa shape index (κ2) is 3.79. The Morgan fingerprint density at radius 1 is 1.00 bits per heavy atom. The molecule has 78 valence electrons. The zero-order chi connectivity index (χ0) is 10.9. The summed E-state index contributed by atoms with van der Waals surface area (Å²) in [6.45, 7) is 6.55. The molecule has 2 rings (SSSR count). The molecule has 0 spiro atoms. The first-order chi connectivity index (χ1) is 7.07. The van der Waals surface area contributed by atoms with Gasteiger partial charge in [0, 0.05) is 11.0 Å². The molecule has 0 fully saturated rings. The van der Waals surface area contributed by atoms with Gasteiger partial charge < -0.3 is 0 Å². The van der Waals surface area contributed by atoms with Crippen LogP contribution in [0.15, 0.2) is 30.3 Å². The maximum Gasteiger partial charge on any atom is 0.110 e. The van der Waals surface area contributed by atoms with Gasteiger partial charge in [0.05, 0.1) is 5.43 Å². The number of benzene rings is 1. The van der Waals surface area contributed by atoms with Crippen molar-refractivity contribution in [2.75, 3.05) is 0 Å². The van der Waals surface area contributed by atoms with Crippen molar-refractivity contribution in [1.29, 1.82) is 0 Å². The third-order valence-electron chi connectivity index (χ3n) is 2.24. The van der Waals surface area contributed by atoms with E-state index < -0.39 is 0 Å². The molecule has 0 saturated carbocycles. The van der Waals surface area contributed by atoms with Gasteiger partial charge in [-0.05, 0) is 0 Å². The molecule has 0 aliphatic rings. The van der Waals surface area contributed by atoms with Crippen molar-refractivity contribution in [3.8, 4) is 11.0 Å². The van der Waals surface area contributed by atoms with E-state index in [1.807, 2.05) is 18.2 Å². The number of rotatable bonds is 1. The van der Waals surface area contributed by atoms with Gasteiger partial charge in [0.1, 0.15) is 5.43 Å². The maximum atomic E-state index is 4.28. The summed E-state index contributed by atoms with van der Waals surface area (Å²) in [5, 5.41) is 8.55. The largest absolute Gasteiger partial charge is 0.150 e. The van der Waals surface area contributed by atoms with Crippen LogP contribution in [0.2, 0.25) is 0 Å². The van der Waals surface area contributed by atoms with Crippen LogP contribution in [0.4, 0.5) is 0 Å².